The number of nitrogens with one attached hydrogen (secondary N) is 1. The van der Waals surface area contributed by atoms with Gasteiger partial charge in [-0.1, -0.05) is 19.4 Å². The van der Waals surface area contributed by atoms with Crippen LogP contribution in [0.2, 0.25) is 0 Å². The first-order chi connectivity index (χ1) is 8.48. The lowest BCUT2D eigenvalue weighted by Crippen LogP contribution is -2.37. The molecule has 0 saturated heterocycles. The third-order valence-electron chi connectivity index (χ3n) is 2.84. The summed E-state index contributed by atoms with van der Waals surface area (Å²) in [7, 11) is 1.65. The third kappa shape index (κ3) is 4.96. The summed E-state index contributed by atoms with van der Waals surface area (Å²) >= 11 is 3.46. The predicted octanol–water partition coefficient (Wildman–Crippen LogP) is 3.10. The van der Waals surface area contributed by atoms with Crippen LogP contribution in [0.5, 0.6) is 5.75 Å². The minimum absolute atomic E-state index is 0.602. The number of halogens is 1. The SMILES string of the molecule is CCCC(C)(O)CNCc1ccc(OC)c(Br)c1. The fourth-order valence-corrected chi connectivity index (χ4v) is 2.51. The molecule has 3 nitrogen and oxygen atoms in total. The first kappa shape index (κ1) is 15.5. The van der Waals surface area contributed by atoms with Crippen molar-refractivity contribution in [2.24, 2.45) is 0 Å². The van der Waals surface area contributed by atoms with Crippen molar-refractivity contribution in [1.29, 1.82) is 0 Å². The van der Waals surface area contributed by atoms with Crippen LogP contribution in [-0.2, 0) is 6.54 Å². The number of aliphatic hydroxyl groups is 1. The van der Waals surface area contributed by atoms with Gasteiger partial charge in [-0.15, -0.1) is 0 Å². The van der Waals surface area contributed by atoms with Gasteiger partial charge < -0.3 is 15.2 Å². The van der Waals surface area contributed by atoms with Crippen molar-refractivity contribution in [2.75, 3.05) is 13.7 Å². The second-order valence-electron chi connectivity index (χ2n) is 4.82. The van der Waals surface area contributed by atoms with Crippen molar-refractivity contribution in [1.82, 2.24) is 5.32 Å². The molecule has 0 heterocycles. The molecular formula is C14H22BrNO2. The van der Waals surface area contributed by atoms with Crippen LogP contribution in [0, 0.1) is 0 Å². The molecule has 1 atom stereocenters. The number of hydrogen-bond acceptors (Lipinski definition) is 3. The van der Waals surface area contributed by atoms with Crippen molar-refractivity contribution in [3.05, 3.63) is 28.2 Å². The Morgan fingerprint density at radius 1 is 1.44 bits per heavy atom. The smallest absolute Gasteiger partial charge is 0.133 e. The van der Waals surface area contributed by atoms with Crippen LogP contribution in [0.15, 0.2) is 22.7 Å². The average molecular weight is 316 g/mol. The highest BCUT2D eigenvalue weighted by molar-refractivity contribution is 9.10. The van der Waals surface area contributed by atoms with Gasteiger partial charge in [0.2, 0.25) is 0 Å². The normalized spacial score (nSPS) is 14.3. The maximum Gasteiger partial charge on any atom is 0.133 e. The number of methoxy groups -OCH3 is 1. The van der Waals surface area contributed by atoms with Crippen LogP contribution in [0.1, 0.15) is 32.3 Å². The molecule has 0 radical (unpaired) electrons. The lowest BCUT2D eigenvalue weighted by atomic mass is 10.0. The maximum absolute atomic E-state index is 10.0. The van der Waals surface area contributed by atoms with E-state index < -0.39 is 5.60 Å². The Kier molecular flexibility index (Phi) is 6.12. The zero-order valence-corrected chi connectivity index (χ0v) is 12.9. The van der Waals surface area contributed by atoms with Crippen LogP contribution in [0.4, 0.5) is 0 Å². The molecule has 18 heavy (non-hydrogen) atoms. The number of rotatable bonds is 7. The van der Waals surface area contributed by atoms with Gasteiger partial charge >= 0.3 is 0 Å². The van der Waals surface area contributed by atoms with Gasteiger partial charge in [0.25, 0.3) is 0 Å². The van der Waals surface area contributed by atoms with Crippen LogP contribution >= 0.6 is 15.9 Å². The second kappa shape index (κ2) is 7.12. The minimum atomic E-state index is -0.627. The summed E-state index contributed by atoms with van der Waals surface area (Å²) in [5, 5.41) is 13.3. The third-order valence-corrected chi connectivity index (χ3v) is 3.46. The second-order valence-corrected chi connectivity index (χ2v) is 5.67. The van der Waals surface area contributed by atoms with Crippen LogP contribution in [0.3, 0.4) is 0 Å². The molecule has 0 saturated carbocycles. The fraction of sp³-hybridized carbons (Fsp3) is 0.571. The monoisotopic (exact) mass is 315 g/mol. The molecule has 0 fully saturated rings. The standard InChI is InChI=1S/C14H22BrNO2/c1-4-7-14(2,17)10-16-9-11-5-6-13(18-3)12(15)8-11/h5-6,8,16-17H,4,7,9-10H2,1-3H3. The summed E-state index contributed by atoms with van der Waals surface area (Å²) < 4.78 is 6.13. The Morgan fingerprint density at radius 3 is 2.72 bits per heavy atom. The fourth-order valence-electron chi connectivity index (χ4n) is 1.92. The lowest BCUT2D eigenvalue weighted by Gasteiger charge is -2.23. The summed E-state index contributed by atoms with van der Waals surface area (Å²) in [4.78, 5) is 0. The van der Waals surface area contributed by atoms with E-state index in [9.17, 15) is 5.11 Å². The van der Waals surface area contributed by atoms with Crippen molar-refractivity contribution >= 4 is 15.9 Å². The molecule has 102 valence electrons. The Labute approximate surface area is 118 Å². The molecule has 0 aliphatic heterocycles. The quantitative estimate of drug-likeness (QED) is 0.812. The zero-order valence-electron chi connectivity index (χ0n) is 11.3. The summed E-state index contributed by atoms with van der Waals surface area (Å²) in [6.45, 7) is 5.29. The number of hydrogen-bond donors (Lipinski definition) is 2. The Balaban J connectivity index is 2.47. The Morgan fingerprint density at radius 2 is 2.17 bits per heavy atom. The highest BCUT2D eigenvalue weighted by Gasteiger charge is 2.17. The molecular weight excluding hydrogens is 294 g/mol. The minimum Gasteiger partial charge on any atom is -0.496 e. The van der Waals surface area contributed by atoms with Gasteiger partial charge in [-0.3, -0.25) is 0 Å². The van der Waals surface area contributed by atoms with Gasteiger partial charge in [0.1, 0.15) is 5.75 Å². The molecule has 4 heteroatoms. The van der Waals surface area contributed by atoms with Crippen molar-refractivity contribution < 1.29 is 9.84 Å². The molecule has 2 N–H and O–H groups in total. The lowest BCUT2D eigenvalue weighted by molar-refractivity contribution is 0.0498. The predicted molar refractivity (Wildman–Crippen MR) is 77.9 cm³/mol. The molecule has 0 aromatic heterocycles. The van der Waals surface area contributed by atoms with E-state index in [0.29, 0.717) is 6.54 Å². The maximum atomic E-state index is 10.0. The first-order valence-electron chi connectivity index (χ1n) is 6.24. The zero-order chi connectivity index (χ0) is 13.6. The van der Waals surface area contributed by atoms with E-state index in [2.05, 4.69) is 28.2 Å². The van der Waals surface area contributed by atoms with Crippen LogP contribution in [-0.4, -0.2) is 24.4 Å². The van der Waals surface area contributed by atoms with Gasteiger partial charge in [0, 0.05) is 13.1 Å². The average Bonchev–Trinajstić information content (AvgIpc) is 2.29. The van der Waals surface area contributed by atoms with Crippen LogP contribution < -0.4 is 10.1 Å². The van der Waals surface area contributed by atoms with Gasteiger partial charge in [-0.2, -0.15) is 0 Å². The summed E-state index contributed by atoms with van der Waals surface area (Å²) in [6, 6.07) is 5.98. The first-order valence-corrected chi connectivity index (χ1v) is 7.03. The summed E-state index contributed by atoms with van der Waals surface area (Å²) in [5.41, 5.74) is 0.535. The van der Waals surface area contributed by atoms with Crippen molar-refractivity contribution in [3.8, 4) is 5.75 Å². The molecule has 1 unspecified atom stereocenters. The molecule has 1 aromatic rings. The van der Waals surface area contributed by atoms with Crippen LogP contribution in [0.25, 0.3) is 0 Å². The van der Waals surface area contributed by atoms with Crippen molar-refractivity contribution in [3.63, 3.8) is 0 Å². The highest BCUT2D eigenvalue weighted by Crippen LogP contribution is 2.25. The largest absolute Gasteiger partial charge is 0.496 e. The van der Waals surface area contributed by atoms with E-state index in [1.807, 2.05) is 25.1 Å². The molecule has 1 rings (SSSR count). The van der Waals surface area contributed by atoms with E-state index in [0.717, 1.165) is 35.2 Å². The topological polar surface area (TPSA) is 41.5 Å². The van der Waals surface area contributed by atoms with E-state index in [1.165, 1.54) is 0 Å². The molecule has 0 amide bonds. The van der Waals surface area contributed by atoms with E-state index in [1.54, 1.807) is 7.11 Å². The molecule has 1 aromatic carbocycles. The molecule has 0 aliphatic rings. The van der Waals surface area contributed by atoms with Gasteiger partial charge in [0.15, 0.2) is 0 Å². The van der Waals surface area contributed by atoms with E-state index in [-0.39, 0.29) is 0 Å². The molecule has 0 bridgehead atoms. The van der Waals surface area contributed by atoms with E-state index in [4.69, 9.17) is 4.74 Å². The van der Waals surface area contributed by atoms with Gasteiger partial charge in [-0.25, -0.2) is 0 Å². The number of ether oxygens (including phenoxy) is 1. The van der Waals surface area contributed by atoms with E-state index >= 15 is 0 Å². The summed E-state index contributed by atoms with van der Waals surface area (Å²) in [6.07, 6.45) is 1.80. The molecule has 0 spiro atoms. The van der Waals surface area contributed by atoms with Gasteiger partial charge in [0.05, 0.1) is 17.2 Å². The number of benzene rings is 1. The summed E-state index contributed by atoms with van der Waals surface area (Å²) in [5.74, 6) is 0.830. The van der Waals surface area contributed by atoms with Gasteiger partial charge in [-0.05, 0) is 47.0 Å². The molecule has 0 aliphatic carbocycles. The highest BCUT2D eigenvalue weighted by atomic mass is 79.9. The van der Waals surface area contributed by atoms with Crippen molar-refractivity contribution in [2.45, 2.75) is 38.8 Å². The Hall–Kier alpha value is -0.580. The Bertz CT molecular complexity index is 380.